The van der Waals surface area contributed by atoms with E-state index in [1.165, 1.54) is 62.5 Å². The fraction of sp³-hybridized carbons (Fsp3) is 0.571. The second kappa shape index (κ2) is 7.60. The molecule has 1 aromatic rings. The number of benzene rings is 1. The van der Waals surface area contributed by atoms with E-state index < -0.39 is 0 Å². The van der Waals surface area contributed by atoms with E-state index in [0.717, 1.165) is 0 Å². The summed E-state index contributed by atoms with van der Waals surface area (Å²) in [7, 11) is 0. The van der Waals surface area contributed by atoms with E-state index in [1.807, 2.05) is 0 Å². The third-order valence-electron chi connectivity index (χ3n) is 5.07. The summed E-state index contributed by atoms with van der Waals surface area (Å²) in [6, 6.07) is 4.96. The molecule has 1 radical (unpaired) electrons. The molecule has 117 valence electrons. The Labute approximate surface area is 155 Å². The van der Waals surface area contributed by atoms with Crippen molar-refractivity contribution in [3.05, 3.63) is 46.4 Å². The molecule has 0 spiro atoms. The number of rotatable bonds is 6. The molecule has 0 aliphatic heterocycles. The number of fused-ring (bicyclic) bond motifs is 2. The van der Waals surface area contributed by atoms with Gasteiger partial charge in [-0.2, -0.15) is 0 Å². The van der Waals surface area contributed by atoms with E-state index in [-0.39, 0.29) is 25.8 Å². The summed E-state index contributed by atoms with van der Waals surface area (Å²) >= 11 is 0. The Balaban J connectivity index is 0.00000176. The fourth-order valence-corrected chi connectivity index (χ4v) is 3.96. The Hall–Kier alpha value is -0.170. The summed E-state index contributed by atoms with van der Waals surface area (Å²) in [6.45, 7) is 7.07. The van der Waals surface area contributed by atoms with Crippen LogP contribution in [0.2, 0.25) is 0 Å². The number of hydrogen-bond acceptors (Lipinski definition) is 0. The van der Waals surface area contributed by atoms with E-state index in [0.29, 0.717) is 5.41 Å². The van der Waals surface area contributed by atoms with Crippen LogP contribution in [0.3, 0.4) is 0 Å². The second-order valence-electron chi connectivity index (χ2n) is 7.75. The van der Waals surface area contributed by atoms with Crippen molar-refractivity contribution in [1.82, 2.24) is 0 Å². The van der Waals surface area contributed by atoms with Crippen LogP contribution in [0.4, 0.5) is 0 Å². The SMILES string of the molecule is CCCCCCC[C]1C=Cc2cc3c(cc21)CC(C)(C)C3.[Hf]. The zero-order valence-electron chi connectivity index (χ0n) is 14.5. The van der Waals surface area contributed by atoms with Crippen molar-refractivity contribution in [1.29, 1.82) is 0 Å². The summed E-state index contributed by atoms with van der Waals surface area (Å²) in [5, 5.41) is 0. The maximum Gasteiger partial charge on any atom is 0.0273 e. The van der Waals surface area contributed by atoms with Crippen LogP contribution in [-0.2, 0) is 38.7 Å². The summed E-state index contributed by atoms with van der Waals surface area (Å²) < 4.78 is 0. The average molecular weight is 460 g/mol. The van der Waals surface area contributed by atoms with Crippen LogP contribution >= 0.6 is 0 Å². The van der Waals surface area contributed by atoms with Gasteiger partial charge < -0.3 is 0 Å². The first kappa shape index (κ1) is 18.2. The molecule has 0 heterocycles. The van der Waals surface area contributed by atoms with Crippen LogP contribution in [0, 0.1) is 11.3 Å². The molecule has 0 N–H and O–H groups in total. The first-order chi connectivity index (χ1) is 10.1. The van der Waals surface area contributed by atoms with Crippen molar-refractivity contribution in [3.8, 4) is 0 Å². The Morgan fingerprint density at radius 1 is 0.909 bits per heavy atom. The normalized spacial score (nSPS) is 18.1. The molecule has 0 bridgehead atoms. The molecule has 1 heteroatoms. The van der Waals surface area contributed by atoms with E-state index >= 15 is 0 Å². The molecule has 1 aromatic carbocycles. The Morgan fingerprint density at radius 2 is 1.59 bits per heavy atom. The summed E-state index contributed by atoms with van der Waals surface area (Å²) in [6.07, 6.45) is 15.3. The number of hydrogen-bond donors (Lipinski definition) is 0. The molecule has 0 saturated carbocycles. The van der Waals surface area contributed by atoms with E-state index in [9.17, 15) is 0 Å². The summed E-state index contributed by atoms with van der Waals surface area (Å²) in [5.41, 5.74) is 6.65. The van der Waals surface area contributed by atoms with Gasteiger partial charge in [-0.05, 0) is 46.9 Å². The Morgan fingerprint density at radius 3 is 2.32 bits per heavy atom. The molecule has 0 nitrogen and oxygen atoms in total. The van der Waals surface area contributed by atoms with Crippen LogP contribution in [-0.4, -0.2) is 0 Å². The maximum absolute atomic E-state index is 2.50. The second-order valence-corrected chi connectivity index (χ2v) is 7.75. The molecule has 0 unspecified atom stereocenters. The Kier molecular flexibility index (Phi) is 6.28. The van der Waals surface area contributed by atoms with Gasteiger partial charge in [0.1, 0.15) is 0 Å². The molecule has 22 heavy (non-hydrogen) atoms. The first-order valence-electron chi connectivity index (χ1n) is 8.79. The van der Waals surface area contributed by atoms with Gasteiger partial charge in [-0.1, -0.05) is 77.2 Å². The first-order valence-corrected chi connectivity index (χ1v) is 8.79. The van der Waals surface area contributed by atoms with Gasteiger partial charge in [0.2, 0.25) is 0 Å². The molecular formula is C21H29Hf. The van der Waals surface area contributed by atoms with Gasteiger partial charge >= 0.3 is 0 Å². The van der Waals surface area contributed by atoms with E-state index in [4.69, 9.17) is 0 Å². The molecule has 0 amide bonds. The smallest absolute Gasteiger partial charge is 0.0273 e. The molecule has 0 atom stereocenters. The van der Waals surface area contributed by atoms with Gasteiger partial charge in [-0.3, -0.25) is 0 Å². The van der Waals surface area contributed by atoms with Gasteiger partial charge in [0.05, 0.1) is 0 Å². The van der Waals surface area contributed by atoms with Gasteiger partial charge in [0, 0.05) is 31.8 Å². The maximum atomic E-state index is 2.50. The van der Waals surface area contributed by atoms with Gasteiger partial charge in [-0.25, -0.2) is 0 Å². The largest absolute Gasteiger partial charge is 0.0721 e. The van der Waals surface area contributed by atoms with Crippen molar-refractivity contribution in [2.75, 3.05) is 0 Å². The molecule has 0 aromatic heterocycles. The predicted molar refractivity (Wildman–Crippen MR) is 92.4 cm³/mol. The third-order valence-corrected chi connectivity index (χ3v) is 5.07. The minimum atomic E-state index is 0. The van der Waals surface area contributed by atoms with Crippen LogP contribution in [0.5, 0.6) is 0 Å². The molecule has 2 aliphatic rings. The molecule has 0 saturated heterocycles. The van der Waals surface area contributed by atoms with Crippen molar-refractivity contribution in [2.24, 2.45) is 5.41 Å². The quantitative estimate of drug-likeness (QED) is 0.355. The minimum Gasteiger partial charge on any atom is -0.0721 e. The van der Waals surface area contributed by atoms with Gasteiger partial charge in [0.15, 0.2) is 0 Å². The van der Waals surface area contributed by atoms with Crippen LogP contribution in [0.25, 0.3) is 6.08 Å². The van der Waals surface area contributed by atoms with Crippen LogP contribution in [0.1, 0.15) is 81.5 Å². The molecule has 0 fully saturated rings. The topological polar surface area (TPSA) is 0 Å². The zero-order chi connectivity index (χ0) is 14.9. The molecule has 3 rings (SSSR count). The van der Waals surface area contributed by atoms with E-state index in [2.05, 4.69) is 45.1 Å². The minimum absolute atomic E-state index is 0. The fourth-order valence-electron chi connectivity index (χ4n) is 3.96. The van der Waals surface area contributed by atoms with Crippen molar-refractivity contribution < 1.29 is 25.8 Å². The average Bonchev–Trinajstić information content (AvgIpc) is 2.94. The predicted octanol–water partition coefficient (Wildman–Crippen LogP) is 6.12. The third kappa shape index (κ3) is 4.02. The molecular weight excluding hydrogens is 431 g/mol. The molecule has 2 aliphatic carbocycles. The number of allylic oxidation sites excluding steroid dienone is 1. The number of unbranched alkanes of at least 4 members (excludes halogenated alkanes) is 4. The standard InChI is InChI=1S/C21H29.Hf/c1-4-5-6-7-8-9-16-10-11-17-12-18-14-21(2,3)15-19(18)13-20(16)17;/h10-13H,4-9,14-15H2,1-3H3;. The van der Waals surface area contributed by atoms with Crippen molar-refractivity contribution in [3.63, 3.8) is 0 Å². The monoisotopic (exact) mass is 461 g/mol. The Bertz CT molecular complexity index is 539. The van der Waals surface area contributed by atoms with Gasteiger partial charge in [-0.15, -0.1) is 0 Å². The zero-order valence-corrected chi connectivity index (χ0v) is 18.1. The van der Waals surface area contributed by atoms with Crippen molar-refractivity contribution >= 4 is 6.08 Å². The van der Waals surface area contributed by atoms with Crippen LogP contribution in [0.15, 0.2) is 18.2 Å². The van der Waals surface area contributed by atoms with Crippen LogP contribution < -0.4 is 0 Å². The summed E-state index contributed by atoms with van der Waals surface area (Å²) in [5.74, 6) is 1.58. The summed E-state index contributed by atoms with van der Waals surface area (Å²) in [4.78, 5) is 0. The van der Waals surface area contributed by atoms with E-state index in [1.54, 1.807) is 17.0 Å². The van der Waals surface area contributed by atoms with Crippen molar-refractivity contribution in [2.45, 2.75) is 72.1 Å². The van der Waals surface area contributed by atoms with Gasteiger partial charge in [0.25, 0.3) is 0 Å².